The van der Waals surface area contributed by atoms with E-state index in [-0.39, 0.29) is 0 Å². The van der Waals surface area contributed by atoms with Crippen LogP contribution in [0.3, 0.4) is 0 Å². The molecule has 1 aromatic rings. The van der Waals surface area contributed by atoms with Gasteiger partial charge < -0.3 is 4.74 Å². The van der Waals surface area contributed by atoms with E-state index in [2.05, 4.69) is 4.98 Å². The zero-order valence-corrected chi connectivity index (χ0v) is 8.27. The van der Waals surface area contributed by atoms with Crippen LogP contribution in [0.1, 0.15) is 18.3 Å². The second-order valence-electron chi connectivity index (χ2n) is 2.56. The summed E-state index contributed by atoms with van der Waals surface area (Å²) in [5.41, 5.74) is 1.81. The van der Waals surface area contributed by atoms with Crippen LogP contribution < -0.4 is 4.74 Å². The number of ether oxygens (including phenoxy) is 1. The van der Waals surface area contributed by atoms with E-state index in [0.717, 1.165) is 23.6 Å². The van der Waals surface area contributed by atoms with Gasteiger partial charge in [-0.05, 0) is 13.3 Å². The van der Waals surface area contributed by atoms with E-state index in [4.69, 9.17) is 16.3 Å². The lowest BCUT2D eigenvalue weighted by molar-refractivity contribution is 0.409. The first-order valence-electron chi connectivity index (χ1n) is 3.89. The van der Waals surface area contributed by atoms with E-state index in [1.54, 1.807) is 7.11 Å². The summed E-state index contributed by atoms with van der Waals surface area (Å²) in [6.07, 6.45) is 0.851. The number of methoxy groups -OCH3 is 1. The summed E-state index contributed by atoms with van der Waals surface area (Å²) < 4.78 is 5.08. The molecule has 0 saturated carbocycles. The monoisotopic (exact) mass is 185 g/mol. The van der Waals surface area contributed by atoms with Crippen LogP contribution >= 0.6 is 11.6 Å². The van der Waals surface area contributed by atoms with Crippen molar-refractivity contribution in [3.63, 3.8) is 0 Å². The number of hydrogen-bond acceptors (Lipinski definition) is 2. The van der Waals surface area contributed by atoms with Crippen LogP contribution in [0.2, 0.25) is 5.02 Å². The summed E-state index contributed by atoms with van der Waals surface area (Å²) in [5, 5.41) is 0.681. The van der Waals surface area contributed by atoms with Gasteiger partial charge in [0.1, 0.15) is 5.75 Å². The third kappa shape index (κ3) is 1.69. The molecule has 0 radical (unpaired) electrons. The Kier molecular flexibility index (Phi) is 2.93. The highest BCUT2D eigenvalue weighted by atomic mass is 35.5. The zero-order chi connectivity index (χ0) is 9.14. The molecule has 66 valence electrons. The molecule has 0 spiro atoms. The molecule has 1 aromatic heterocycles. The predicted octanol–water partition coefficient (Wildman–Crippen LogP) is 2.61. The van der Waals surface area contributed by atoms with Crippen LogP contribution in [0.5, 0.6) is 5.75 Å². The topological polar surface area (TPSA) is 22.1 Å². The number of aromatic nitrogens is 1. The molecule has 0 unspecified atom stereocenters. The lowest BCUT2D eigenvalue weighted by atomic mass is 10.2. The molecular formula is C9H12ClNO. The summed E-state index contributed by atoms with van der Waals surface area (Å²) in [4.78, 5) is 4.31. The highest BCUT2D eigenvalue weighted by molar-refractivity contribution is 6.31. The van der Waals surface area contributed by atoms with Crippen LogP contribution in [0.15, 0.2) is 6.07 Å². The lowest BCUT2D eigenvalue weighted by Gasteiger charge is -2.06. The second kappa shape index (κ2) is 3.76. The fraction of sp³-hybridized carbons (Fsp3) is 0.444. The first-order valence-corrected chi connectivity index (χ1v) is 4.26. The van der Waals surface area contributed by atoms with Crippen molar-refractivity contribution in [2.24, 2.45) is 0 Å². The molecule has 0 atom stereocenters. The highest BCUT2D eigenvalue weighted by Crippen LogP contribution is 2.23. The van der Waals surface area contributed by atoms with E-state index < -0.39 is 0 Å². The van der Waals surface area contributed by atoms with Gasteiger partial charge in [0, 0.05) is 6.07 Å². The smallest absolute Gasteiger partial charge is 0.141 e. The first-order chi connectivity index (χ1) is 5.69. The number of pyridine rings is 1. The van der Waals surface area contributed by atoms with E-state index in [0.29, 0.717) is 5.02 Å². The van der Waals surface area contributed by atoms with Gasteiger partial charge in [-0.1, -0.05) is 18.5 Å². The minimum absolute atomic E-state index is 0.681. The summed E-state index contributed by atoms with van der Waals surface area (Å²) in [6.45, 7) is 3.94. The van der Waals surface area contributed by atoms with Crippen molar-refractivity contribution >= 4 is 11.6 Å². The van der Waals surface area contributed by atoms with E-state index in [1.807, 2.05) is 19.9 Å². The SMILES string of the molecule is CCc1nc(C)c(OC)cc1Cl. The van der Waals surface area contributed by atoms with Gasteiger partial charge >= 0.3 is 0 Å². The Bertz CT molecular complexity index is 256. The summed E-state index contributed by atoms with van der Waals surface area (Å²) in [6, 6.07) is 1.81. The van der Waals surface area contributed by atoms with Crippen molar-refractivity contribution in [3.05, 3.63) is 22.5 Å². The Hall–Kier alpha value is -0.760. The molecule has 0 saturated heterocycles. The molecule has 3 heteroatoms. The molecule has 0 bridgehead atoms. The minimum Gasteiger partial charge on any atom is -0.495 e. The van der Waals surface area contributed by atoms with Gasteiger partial charge in [0.25, 0.3) is 0 Å². The van der Waals surface area contributed by atoms with Gasteiger partial charge in [-0.15, -0.1) is 0 Å². The second-order valence-corrected chi connectivity index (χ2v) is 2.97. The maximum absolute atomic E-state index is 5.94. The zero-order valence-electron chi connectivity index (χ0n) is 7.52. The van der Waals surface area contributed by atoms with Gasteiger partial charge in [0.2, 0.25) is 0 Å². The maximum atomic E-state index is 5.94. The van der Waals surface area contributed by atoms with Crippen molar-refractivity contribution < 1.29 is 4.74 Å². The van der Waals surface area contributed by atoms with Crippen LogP contribution in [0.4, 0.5) is 0 Å². The molecule has 12 heavy (non-hydrogen) atoms. The van der Waals surface area contributed by atoms with Gasteiger partial charge in [0.15, 0.2) is 0 Å². The van der Waals surface area contributed by atoms with Gasteiger partial charge in [-0.3, -0.25) is 4.98 Å². The number of rotatable bonds is 2. The average molecular weight is 186 g/mol. The third-order valence-corrected chi connectivity index (χ3v) is 2.07. The molecule has 0 aliphatic carbocycles. The predicted molar refractivity (Wildman–Crippen MR) is 49.9 cm³/mol. The van der Waals surface area contributed by atoms with Crippen molar-refractivity contribution in [1.82, 2.24) is 4.98 Å². The number of hydrogen-bond donors (Lipinski definition) is 0. The minimum atomic E-state index is 0.681. The van der Waals surface area contributed by atoms with Crippen LogP contribution in [-0.2, 0) is 6.42 Å². The fourth-order valence-corrected chi connectivity index (χ4v) is 1.34. The number of aryl methyl sites for hydroxylation is 2. The normalized spacial score (nSPS) is 10.0. The molecule has 0 fully saturated rings. The average Bonchev–Trinajstić information content (AvgIpc) is 2.08. The molecule has 1 rings (SSSR count). The molecule has 0 aromatic carbocycles. The van der Waals surface area contributed by atoms with E-state index >= 15 is 0 Å². The number of nitrogens with zero attached hydrogens (tertiary/aromatic N) is 1. The van der Waals surface area contributed by atoms with Crippen molar-refractivity contribution in [2.45, 2.75) is 20.3 Å². The summed E-state index contributed by atoms with van der Waals surface area (Å²) in [5.74, 6) is 0.747. The Labute approximate surface area is 77.5 Å². The van der Waals surface area contributed by atoms with Crippen molar-refractivity contribution in [2.75, 3.05) is 7.11 Å². The third-order valence-electron chi connectivity index (χ3n) is 1.75. The molecule has 0 aliphatic heterocycles. The molecule has 2 nitrogen and oxygen atoms in total. The Morgan fingerprint density at radius 2 is 2.25 bits per heavy atom. The summed E-state index contributed by atoms with van der Waals surface area (Å²) in [7, 11) is 1.62. The molecule has 0 aliphatic rings. The van der Waals surface area contributed by atoms with Gasteiger partial charge in [-0.2, -0.15) is 0 Å². The van der Waals surface area contributed by atoms with Crippen molar-refractivity contribution in [1.29, 1.82) is 0 Å². The quantitative estimate of drug-likeness (QED) is 0.707. The van der Waals surface area contributed by atoms with Crippen LogP contribution in [0.25, 0.3) is 0 Å². The van der Waals surface area contributed by atoms with E-state index in [9.17, 15) is 0 Å². The molecule has 0 N–H and O–H groups in total. The van der Waals surface area contributed by atoms with Crippen molar-refractivity contribution in [3.8, 4) is 5.75 Å². The molecule has 0 amide bonds. The van der Waals surface area contributed by atoms with E-state index in [1.165, 1.54) is 0 Å². The first kappa shape index (κ1) is 9.33. The van der Waals surface area contributed by atoms with Gasteiger partial charge in [-0.25, -0.2) is 0 Å². The Balaban J connectivity index is 3.16. The maximum Gasteiger partial charge on any atom is 0.141 e. The standard InChI is InChI=1S/C9H12ClNO/c1-4-8-7(10)5-9(12-3)6(2)11-8/h5H,4H2,1-3H3. The summed E-state index contributed by atoms with van der Waals surface area (Å²) >= 11 is 5.94. The number of halogens is 1. The fourth-order valence-electron chi connectivity index (χ4n) is 1.07. The largest absolute Gasteiger partial charge is 0.495 e. The molecular weight excluding hydrogens is 174 g/mol. The molecule has 1 heterocycles. The highest BCUT2D eigenvalue weighted by Gasteiger charge is 2.05. The van der Waals surface area contributed by atoms with Crippen LogP contribution in [0, 0.1) is 6.92 Å². The van der Waals surface area contributed by atoms with Crippen LogP contribution in [-0.4, -0.2) is 12.1 Å². The Morgan fingerprint density at radius 3 is 2.75 bits per heavy atom. The van der Waals surface area contributed by atoms with Gasteiger partial charge in [0.05, 0.1) is 23.5 Å². The lowest BCUT2D eigenvalue weighted by Crippen LogP contribution is -1.95. The Morgan fingerprint density at radius 1 is 1.58 bits per heavy atom.